The third kappa shape index (κ3) is 9.63. The number of methoxy groups -OCH3 is 1. The fourth-order valence-electron chi connectivity index (χ4n) is 8.41. The second-order valence-corrected chi connectivity index (χ2v) is 14.8. The van der Waals surface area contributed by atoms with Crippen molar-refractivity contribution in [2.24, 2.45) is 23.7 Å². The molecule has 3 aromatic rings. The molecule has 0 radical (unpaired) electrons. The number of hydrogen-bond donors (Lipinski definition) is 2. The van der Waals surface area contributed by atoms with Gasteiger partial charge in [0.15, 0.2) is 5.82 Å². The molecular formula is C42H52N4O5. The first-order valence-corrected chi connectivity index (χ1v) is 18.8. The Morgan fingerprint density at radius 1 is 0.863 bits per heavy atom. The van der Waals surface area contributed by atoms with Gasteiger partial charge < -0.3 is 20.1 Å². The van der Waals surface area contributed by atoms with Gasteiger partial charge >= 0.3 is 5.97 Å². The summed E-state index contributed by atoms with van der Waals surface area (Å²) in [5.41, 5.74) is 5.02. The molecule has 0 saturated heterocycles. The smallest absolute Gasteiger partial charge is 0.323 e. The third-order valence-corrected chi connectivity index (χ3v) is 11.5. The molecule has 9 nitrogen and oxygen atoms in total. The fraction of sp³-hybridized carbons (Fsp3) is 0.500. The van der Waals surface area contributed by atoms with Crippen LogP contribution >= 0.6 is 0 Å². The lowest BCUT2D eigenvalue weighted by molar-refractivity contribution is -0.146. The van der Waals surface area contributed by atoms with Gasteiger partial charge in [-0.1, -0.05) is 68.7 Å². The lowest BCUT2D eigenvalue weighted by Crippen LogP contribution is -2.39. The molecule has 3 aliphatic carbocycles. The third-order valence-electron chi connectivity index (χ3n) is 11.5. The highest BCUT2D eigenvalue weighted by atomic mass is 16.5. The number of benzene rings is 2. The van der Waals surface area contributed by atoms with E-state index in [0.717, 1.165) is 58.6 Å². The van der Waals surface area contributed by atoms with Gasteiger partial charge in [-0.05, 0) is 98.0 Å². The van der Waals surface area contributed by atoms with Crippen molar-refractivity contribution >= 4 is 23.4 Å². The summed E-state index contributed by atoms with van der Waals surface area (Å²) in [6.45, 7) is 2.13. The summed E-state index contributed by atoms with van der Waals surface area (Å²) in [6, 6.07) is 14.9. The number of aromatic nitrogens is 2. The summed E-state index contributed by atoms with van der Waals surface area (Å²) in [5, 5.41) is 12.7. The van der Waals surface area contributed by atoms with Crippen LogP contribution in [0.1, 0.15) is 94.2 Å². The minimum Gasteiger partial charge on any atom is -0.497 e. The van der Waals surface area contributed by atoms with Gasteiger partial charge in [0.1, 0.15) is 12.3 Å². The SMILES string of the molecule is CCC1CCC(C2CC=C(c3cnc(-c4ccc(CN(CC(=O)O)C(=O)[C@H]5CC[C@@H](NC(=O)Cc6ccc(OC)cc6)C5)cc4)nc3)CC2)CC1. The molecule has 2 amide bonds. The molecule has 2 N–H and O–H groups in total. The maximum atomic E-state index is 13.6. The zero-order chi connectivity index (χ0) is 35.7. The maximum absolute atomic E-state index is 13.6. The van der Waals surface area contributed by atoms with Gasteiger partial charge in [-0.15, -0.1) is 0 Å². The molecule has 2 saturated carbocycles. The van der Waals surface area contributed by atoms with E-state index in [9.17, 15) is 19.5 Å². The van der Waals surface area contributed by atoms with Crippen molar-refractivity contribution in [1.29, 1.82) is 0 Å². The molecule has 0 spiro atoms. The number of hydrogen-bond acceptors (Lipinski definition) is 6. The van der Waals surface area contributed by atoms with Gasteiger partial charge in [-0.25, -0.2) is 9.97 Å². The van der Waals surface area contributed by atoms with Crippen LogP contribution in [0.3, 0.4) is 0 Å². The van der Waals surface area contributed by atoms with E-state index in [1.54, 1.807) is 7.11 Å². The van der Waals surface area contributed by atoms with E-state index >= 15 is 0 Å². The van der Waals surface area contributed by atoms with Gasteiger partial charge in [0.2, 0.25) is 11.8 Å². The van der Waals surface area contributed by atoms with Gasteiger partial charge in [0, 0.05) is 42.0 Å². The highest BCUT2D eigenvalue weighted by Crippen LogP contribution is 2.41. The van der Waals surface area contributed by atoms with E-state index in [4.69, 9.17) is 4.74 Å². The first kappa shape index (κ1) is 36.3. The van der Waals surface area contributed by atoms with Gasteiger partial charge in [0.05, 0.1) is 13.5 Å². The van der Waals surface area contributed by atoms with E-state index in [1.807, 2.05) is 60.9 Å². The second kappa shape index (κ2) is 17.1. The predicted octanol–water partition coefficient (Wildman–Crippen LogP) is 7.49. The van der Waals surface area contributed by atoms with Gasteiger partial charge in [-0.3, -0.25) is 14.4 Å². The maximum Gasteiger partial charge on any atom is 0.323 e. The average molecular weight is 693 g/mol. The minimum absolute atomic E-state index is 0.0986. The zero-order valence-electron chi connectivity index (χ0n) is 30.1. The van der Waals surface area contributed by atoms with Crippen LogP contribution in [0.4, 0.5) is 0 Å². The standard InChI is InChI=1S/C42H52N4O5/c1-3-28-4-10-31(11-5-28)32-14-16-33(17-15-32)36-24-43-41(44-25-36)34-12-6-30(7-13-34)26-46(27-40(48)49)42(50)35-18-19-37(23-35)45-39(47)22-29-8-20-38(51-2)21-9-29/h6-9,12-13,16,20-21,24-25,28,31-32,35,37H,3-5,10-11,14-15,17-19,22-23,26-27H2,1-2H3,(H,45,47)(H,48,49)/t28?,31?,32?,35-,37+/m0/s1. The van der Waals surface area contributed by atoms with Crippen LogP contribution in [-0.2, 0) is 27.3 Å². The Kier molecular flexibility index (Phi) is 12.2. The second-order valence-electron chi connectivity index (χ2n) is 14.8. The molecule has 0 bridgehead atoms. The lowest BCUT2D eigenvalue weighted by Gasteiger charge is -2.35. The number of carboxylic acid groups (broad SMARTS) is 1. The van der Waals surface area contributed by atoms with Gasteiger partial charge in [-0.2, -0.15) is 0 Å². The summed E-state index contributed by atoms with van der Waals surface area (Å²) < 4.78 is 5.18. The topological polar surface area (TPSA) is 122 Å². The highest BCUT2D eigenvalue weighted by molar-refractivity contribution is 5.84. The average Bonchev–Trinajstić information content (AvgIpc) is 3.63. The van der Waals surface area contributed by atoms with Crippen LogP contribution in [0.2, 0.25) is 0 Å². The van der Waals surface area contributed by atoms with Crippen LogP contribution in [0, 0.1) is 23.7 Å². The van der Waals surface area contributed by atoms with E-state index in [-0.39, 0.29) is 43.3 Å². The van der Waals surface area contributed by atoms with Crippen molar-refractivity contribution in [3.63, 3.8) is 0 Å². The largest absolute Gasteiger partial charge is 0.497 e. The molecule has 1 aromatic heterocycles. The molecular weight excluding hydrogens is 640 g/mol. The molecule has 2 aromatic carbocycles. The molecule has 3 atom stereocenters. The van der Waals surface area contributed by atoms with Gasteiger partial charge in [0.25, 0.3) is 0 Å². The van der Waals surface area contributed by atoms with Crippen molar-refractivity contribution in [2.45, 2.75) is 96.6 Å². The number of aliphatic carboxylic acids is 1. The molecule has 6 rings (SSSR count). The number of rotatable bonds is 13. The number of amides is 2. The van der Waals surface area contributed by atoms with Crippen LogP contribution in [-0.4, -0.2) is 57.5 Å². The van der Waals surface area contributed by atoms with Crippen molar-refractivity contribution in [3.8, 4) is 17.1 Å². The Balaban J connectivity index is 1.00. The molecule has 2 fully saturated rings. The molecule has 270 valence electrons. The summed E-state index contributed by atoms with van der Waals surface area (Å²) in [4.78, 5) is 48.8. The Morgan fingerprint density at radius 3 is 2.20 bits per heavy atom. The summed E-state index contributed by atoms with van der Waals surface area (Å²) in [5.74, 6) is 2.31. The molecule has 51 heavy (non-hydrogen) atoms. The number of nitrogens with one attached hydrogen (secondary N) is 1. The Hall–Kier alpha value is -4.53. The van der Waals surface area contributed by atoms with Crippen molar-refractivity contribution < 1.29 is 24.2 Å². The monoisotopic (exact) mass is 692 g/mol. The molecule has 0 aliphatic heterocycles. The van der Waals surface area contributed by atoms with Crippen LogP contribution in [0.15, 0.2) is 67.0 Å². The Bertz CT molecular complexity index is 1660. The Morgan fingerprint density at radius 2 is 1.57 bits per heavy atom. The number of carbonyl (C=O) groups is 3. The lowest BCUT2D eigenvalue weighted by atomic mass is 9.71. The van der Waals surface area contributed by atoms with E-state index in [1.165, 1.54) is 49.0 Å². The zero-order valence-corrected chi connectivity index (χ0v) is 30.1. The fourth-order valence-corrected chi connectivity index (χ4v) is 8.41. The molecule has 1 heterocycles. The quantitative estimate of drug-likeness (QED) is 0.190. The highest BCUT2D eigenvalue weighted by Gasteiger charge is 2.34. The number of allylic oxidation sites excluding steroid dienone is 2. The summed E-state index contributed by atoms with van der Waals surface area (Å²) in [7, 11) is 1.60. The van der Waals surface area contributed by atoms with Crippen LogP contribution in [0.5, 0.6) is 5.75 Å². The van der Waals surface area contributed by atoms with E-state index in [0.29, 0.717) is 25.1 Å². The normalized spacial score (nSPS) is 23.3. The first-order chi connectivity index (χ1) is 24.8. The number of carbonyl (C=O) groups excluding carboxylic acids is 2. The molecule has 3 aliphatic rings. The summed E-state index contributed by atoms with van der Waals surface area (Å²) >= 11 is 0. The molecule has 9 heteroatoms. The van der Waals surface area contributed by atoms with Crippen LogP contribution in [0.25, 0.3) is 17.0 Å². The first-order valence-electron chi connectivity index (χ1n) is 18.8. The number of ether oxygens (including phenoxy) is 1. The van der Waals surface area contributed by atoms with Crippen LogP contribution < -0.4 is 10.1 Å². The number of nitrogens with zero attached hydrogens (tertiary/aromatic N) is 3. The van der Waals surface area contributed by atoms with Crippen molar-refractivity contribution in [3.05, 3.63) is 83.7 Å². The predicted molar refractivity (Wildman–Crippen MR) is 198 cm³/mol. The van der Waals surface area contributed by atoms with Crippen molar-refractivity contribution in [1.82, 2.24) is 20.2 Å². The Labute approximate surface area is 301 Å². The van der Waals surface area contributed by atoms with Crippen molar-refractivity contribution in [2.75, 3.05) is 13.7 Å². The van der Waals surface area contributed by atoms with E-state index in [2.05, 4.69) is 28.3 Å². The van der Waals surface area contributed by atoms with E-state index < -0.39 is 5.97 Å². The summed E-state index contributed by atoms with van der Waals surface area (Å²) in [6.07, 6.45) is 18.7. The number of carboxylic acids is 1. The molecule has 1 unspecified atom stereocenters. The minimum atomic E-state index is -1.06.